The number of fused-ring (bicyclic) bond motifs is 1. The van der Waals surface area contributed by atoms with Gasteiger partial charge in [-0.3, -0.25) is 4.98 Å². The first-order valence-electron chi connectivity index (χ1n) is 3.91. The SMILES string of the molecule is Fc1ccc2cc(C=S)cnc2c1F. The molecule has 0 aliphatic rings. The number of pyridine rings is 1. The molecule has 0 aliphatic heterocycles. The van der Waals surface area contributed by atoms with Crippen molar-refractivity contribution in [1.29, 1.82) is 0 Å². The molecule has 1 nitrogen and oxygen atoms in total. The van der Waals surface area contributed by atoms with Crippen LogP contribution in [0.25, 0.3) is 10.9 Å². The number of nitrogens with zero attached hydrogens (tertiary/aromatic N) is 1. The largest absolute Gasteiger partial charge is 0.252 e. The second-order valence-corrected chi connectivity index (χ2v) is 3.06. The van der Waals surface area contributed by atoms with E-state index in [0.29, 0.717) is 10.9 Å². The van der Waals surface area contributed by atoms with Crippen molar-refractivity contribution in [2.45, 2.75) is 0 Å². The summed E-state index contributed by atoms with van der Waals surface area (Å²) in [5.41, 5.74) is 0.740. The van der Waals surface area contributed by atoms with E-state index in [-0.39, 0.29) is 5.52 Å². The summed E-state index contributed by atoms with van der Waals surface area (Å²) in [6.07, 6.45) is 1.41. The van der Waals surface area contributed by atoms with Crippen molar-refractivity contribution in [2.24, 2.45) is 0 Å². The highest BCUT2D eigenvalue weighted by Gasteiger charge is 2.07. The molecule has 1 heterocycles. The highest BCUT2D eigenvalue weighted by molar-refractivity contribution is 7.79. The Morgan fingerprint density at radius 3 is 2.79 bits per heavy atom. The van der Waals surface area contributed by atoms with Gasteiger partial charge in [-0.2, -0.15) is 0 Å². The van der Waals surface area contributed by atoms with Gasteiger partial charge in [-0.15, -0.1) is 0 Å². The zero-order valence-electron chi connectivity index (χ0n) is 7.00. The molecule has 0 atom stereocenters. The van der Waals surface area contributed by atoms with E-state index in [0.717, 1.165) is 6.07 Å². The summed E-state index contributed by atoms with van der Waals surface area (Å²) in [6, 6.07) is 4.22. The van der Waals surface area contributed by atoms with Crippen LogP contribution in [0.2, 0.25) is 0 Å². The maximum atomic E-state index is 13.2. The zero-order valence-corrected chi connectivity index (χ0v) is 7.81. The van der Waals surface area contributed by atoms with E-state index in [9.17, 15) is 8.78 Å². The summed E-state index contributed by atoms with van der Waals surface area (Å²) in [7, 11) is 0. The first-order chi connectivity index (χ1) is 6.72. The molecule has 0 saturated heterocycles. The normalized spacial score (nSPS) is 10.4. The quantitative estimate of drug-likeness (QED) is 0.670. The second-order valence-electron chi connectivity index (χ2n) is 2.82. The second kappa shape index (κ2) is 3.38. The molecule has 0 saturated carbocycles. The van der Waals surface area contributed by atoms with Crippen LogP contribution in [0.3, 0.4) is 0 Å². The van der Waals surface area contributed by atoms with Crippen molar-refractivity contribution in [3.05, 3.63) is 41.6 Å². The Morgan fingerprint density at radius 2 is 2.07 bits per heavy atom. The van der Waals surface area contributed by atoms with Crippen LogP contribution < -0.4 is 0 Å². The third-order valence-corrected chi connectivity index (χ3v) is 2.17. The van der Waals surface area contributed by atoms with Gasteiger partial charge >= 0.3 is 0 Å². The highest BCUT2D eigenvalue weighted by atomic mass is 32.1. The van der Waals surface area contributed by atoms with E-state index in [1.54, 1.807) is 6.07 Å². The van der Waals surface area contributed by atoms with Crippen molar-refractivity contribution in [3.63, 3.8) is 0 Å². The number of hydrogen-bond donors (Lipinski definition) is 0. The molecule has 70 valence electrons. The minimum atomic E-state index is -0.918. The zero-order chi connectivity index (χ0) is 10.1. The molecule has 4 heteroatoms. The number of aromatic nitrogens is 1. The van der Waals surface area contributed by atoms with Gasteiger partial charge < -0.3 is 0 Å². The van der Waals surface area contributed by atoms with Crippen LogP contribution in [0, 0.1) is 11.6 Å². The molecule has 14 heavy (non-hydrogen) atoms. The molecule has 2 rings (SSSR count). The lowest BCUT2D eigenvalue weighted by Crippen LogP contribution is -1.90. The Balaban J connectivity index is 2.81. The summed E-state index contributed by atoms with van der Waals surface area (Å²) < 4.78 is 25.9. The molecule has 0 bridgehead atoms. The minimum absolute atomic E-state index is 0.0330. The Hall–Kier alpha value is -1.42. The molecular weight excluding hydrogens is 204 g/mol. The summed E-state index contributed by atoms with van der Waals surface area (Å²) >= 11 is 4.71. The van der Waals surface area contributed by atoms with E-state index in [1.165, 1.54) is 17.6 Å². The van der Waals surface area contributed by atoms with Crippen molar-refractivity contribution in [3.8, 4) is 0 Å². The van der Waals surface area contributed by atoms with E-state index in [1.807, 2.05) is 0 Å². The number of hydrogen-bond acceptors (Lipinski definition) is 2. The molecule has 2 aromatic rings. The number of benzene rings is 1. The van der Waals surface area contributed by atoms with Gasteiger partial charge in [-0.25, -0.2) is 8.78 Å². The lowest BCUT2D eigenvalue weighted by molar-refractivity contribution is 0.515. The fraction of sp³-hybridized carbons (Fsp3) is 0. The fourth-order valence-corrected chi connectivity index (χ4v) is 1.35. The molecule has 0 N–H and O–H groups in total. The van der Waals surface area contributed by atoms with Crippen LogP contribution in [-0.2, 0) is 0 Å². The highest BCUT2D eigenvalue weighted by Crippen LogP contribution is 2.18. The standard InChI is InChI=1S/C10H5F2NS/c11-8-2-1-7-3-6(5-14)4-13-10(7)9(8)12/h1-5H. The van der Waals surface area contributed by atoms with Crippen LogP contribution in [0.5, 0.6) is 0 Å². The Bertz CT molecular complexity index is 511. The van der Waals surface area contributed by atoms with Gasteiger partial charge in [-0.05, 0) is 18.2 Å². The van der Waals surface area contributed by atoms with Gasteiger partial charge in [0.25, 0.3) is 0 Å². The van der Waals surface area contributed by atoms with Crippen LogP contribution in [0.1, 0.15) is 5.56 Å². The van der Waals surface area contributed by atoms with E-state index in [4.69, 9.17) is 12.2 Å². The minimum Gasteiger partial charge on any atom is -0.252 e. The van der Waals surface area contributed by atoms with Crippen molar-refractivity contribution >= 4 is 28.5 Å². The summed E-state index contributed by atoms with van der Waals surface area (Å²) in [6.45, 7) is 0. The van der Waals surface area contributed by atoms with Gasteiger partial charge in [0.2, 0.25) is 0 Å². The van der Waals surface area contributed by atoms with Crippen LogP contribution in [-0.4, -0.2) is 10.4 Å². The third-order valence-electron chi connectivity index (χ3n) is 1.90. The predicted molar refractivity (Wildman–Crippen MR) is 54.4 cm³/mol. The number of rotatable bonds is 1. The Labute approximate surface area is 84.4 Å². The molecular formula is C10H5F2NS. The predicted octanol–water partition coefficient (Wildman–Crippen LogP) is 2.86. The van der Waals surface area contributed by atoms with Gasteiger partial charge in [0.05, 0.1) is 0 Å². The maximum Gasteiger partial charge on any atom is 0.184 e. The molecule has 0 fully saturated rings. The monoisotopic (exact) mass is 209 g/mol. The molecule has 1 aromatic heterocycles. The van der Waals surface area contributed by atoms with Crippen LogP contribution in [0.4, 0.5) is 8.78 Å². The Morgan fingerprint density at radius 1 is 1.29 bits per heavy atom. The van der Waals surface area contributed by atoms with Gasteiger partial charge in [-0.1, -0.05) is 12.2 Å². The Kier molecular flexibility index (Phi) is 2.21. The summed E-state index contributed by atoms with van der Waals surface area (Å²) in [5.74, 6) is -1.81. The van der Waals surface area contributed by atoms with Gasteiger partial charge in [0, 0.05) is 22.5 Å². The lowest BCUT2D eigenvalue weighted by atomic mass is 10.1. The van der Waals surface area contributed by atoms with E-state index >= 15 is 0 Å². The van der Waals surface area contributed by atoms with Crippen LogP contribution in [0.15, 0.2) is 24.4 Å². The average molecular weight is 209 g/mol. The molecule has 0 spiro atoms. The van der Waals surface area contributed by atoms with Crippen molar-refractivity contribution in [2.75, 3.05) is 0 Å². The lowest BCUT2D eigenvalue weighted by Gasteiger charge is -2.00. The smallest absolute Gasteiger partial charge is 0.184 e. The summed E-state index contributed by atoms with van der Waals surface area (Å²) in [4.78, 5) is 3.80. The topological polar surface area (TPSA) is 12.9 Å². The number of thiocarbonyl (C=S) groups is 1. The van der Waals surface area contributed by atoms with Crippen molar-refractivity contribution < 1.29 is 8.78 Å². The molecule has 0 aliphatic carbocycles. The van der Waals surface area contributed by atoms with Gasteiger partial charge in [0.15, 0.2) is 11.6 Å². The first-order valence-corrected chi connectivity index (χ1v) is 4.38. The van der Waals surface area contributed by atoms with E-state index in [2.05, 4.69) is 4.98 Å². The third kappa shape index (κ3) is 1.37. The van der Waals surface area contributed by atoms with Gasteiger partial charge in [0.1, 0.15) is 5.52 Å². The molecule has 0 radical (unpaired) electrons. The summed E-state index contributed by atoms with van der Waals surface area (Å²) in [5, 5.41) is 1.98. The molecule has 0 amide bonds. The molecule has 1 aromatic carbocycles. The molecule has 0 unspecified atom stereocenters. The van der Waals surface area contributed by atoms with E-state index < -0.39 is 11.6 Å². The van der Waals surface area contributed by atoms with Crippen molar-refractivity contribution in [1.82, 2.24) is 4.98 Å². The number of halogens is 2. The average Bonchev–Trinajstić information content (AvgIpc) is 2.23. The van der Waals surface area contributed by atoms with Crippen LogP contribution >= 0.6 is 12.2 Å². The first kappa shape index (κ1) is 9.15. The fourth-order valence-electron chi connectivity index (χ4n) is 1.22. The maximum absolute atomic E-state index is 13.2.